The zero-order chi connectivity index (χ0) is 15.0. The molecule has 0 radical (unpaired) electrons. The Morgan fingerprint density at radius 1 is 1.19 bits per heavy atom. The van der Waals surface area contributed by atoms with Crippen LogP contribution in [0.5, 0.6) is 0 Å². The summed E-state index contributed by atoms with van der Waals surface area (Å²) in [5.74, 6) is 0.681. The van der Waals surface area contributed by atoms with Crippen molar-refractivity contribution in [3.8, 4) is 11.5 Å². The molecule has 0 bridgehead atoms. The standard InChI is InChI=1S/C15H11Cl2FN2O/c1-2-19-15-11(17)7-10(16)14(20-15)13-6-8-5-9(18)3-4-12(8)21-13/h3-7H,2H2,1H3,(H,19,20). The van der Waals surface area contributed by atoms with Crippen LogP contribution >= 0.6 is 23.2 Å². The molecule has 3 nitrogen and oxygen atoms in total. The molecule has 0 saturated heterocycles. The normalized spacial score (nSPS) is 11.0. The van der Waals surface area contributed by atoms with Gasteiger partial charge >= 0.3 is 0 Å². The van der Waals surface area contributed by atoms with Crippen LogP contribution in [0.4, 0.5) is 10.2 Å². The third kappa shape index (κ3) is 2.69. The Balaban J connectivity index is 2.15. The van der Waals surface area contributed by atoms with Crippen LogP contribution in [0.1, 0.15) is 6.92 Å². The summed E-state index contributed by atoms with van der Waals surface area (Å²) in [6, 6.07) is 7.63. The first kappa shape index (κ1) is 14.2. The SMILES string of the molecule is CCNc1nc(-c2cc3cc(F)ccc3o2)c(Cl)cc1Cl. The van der Waals surface area contributed by atoms with Crippen molar-refractivity contribution in [3.63, 3.8) is 0 Å². The van der Waals surface area contributed by atoms with Crippen molar-refractivity contribution in [2.24, 2.45) is 0 Å². The molecule has 3 rings (SSSR count). The van der Waals surface area contributed by atoms with Crippen LogP contribution in [0.3, 0.4) is 0 Å². The number of nitrogens with zero attached hydrogens (tertiary/aromatic N) is 1. The molecule has 3 aromatic rings. The van der Waals surface area contributed by atoms with Crippen LogP contribution in [0.2, 0.25) is 10.0 Å². The number of pyridine rings is 1. The second-order valence-corrected chi connectivity index (χ2v) is 5.29. The zero-order valence-corrected chi connectivity index (χ0v) is 12.6. The van der Waals surface area contributed by atoms with Gasteiger partial charge in [0.2, 0.25) is 0 Å². The largest absolute Gasteiger partial charge is 0.454 e. The Labute approximate surface area is 130 Å². The minimum absolute atomic E-state index is 0.321. The molecule has 2 heterocycles. The van der Waals surface area contributed by atoms with E-state index in [0.717, 1.165) is 0 Å². The van der Waals surface area contributed by atoms with E-state index in [9.17, 15) is 4.39 Å². The molecule has 6 heteroatoms. The number of hydrogen-bond donors (Lipinski definition) is 1. The van der Waals surface area contributed by atoms with Gasteiger partial charge in [-0.2, -0.15) is 0 Å². The summed E-state index contributed by atoms with van der Waals surface area (Å²) in [6.07, 6.45) is 0. The maximum Gasteiger partial charge on any atom is 0.155 e. The smallest absolute Gasteiger partial charge is 0.155 e. The highest BCUT2D eigenvalue weighted by atomic mass is 35.5. The summed E-state index contributed by atoms with van der Waals surface area (Å²) in [5.41, 5.74) is 1.04. The zero-order valence-electron chi connectivity index (χ0n) is 11.1. The molecule has 0 fully saturated rings. The summed E-state index contributed by atoms with van der Waals surface area (Å²) in [4.78, 5) is 4.39. The fraction of sp³-hybridized carbons (Fsp3) is 0.133. The Morgan fingerprint density at radius 3 is 2.76 bits per heavy atom. The van der Waals surface area contributed by atoms with Crippen molar-refractivity contribution in [1.82, 2.24) is 4.98 Å². The summed E-state index contributed by atoms with van der Waals surface area (Å²) in [7, 11) is 0. The first-order valence-corrected chi connectivity index (χ1v) is 7.13. The van der Waals surface area contributed by atoms with Crippen molar-refractivity contribution < 1.29 is 8.81 Å². The summed E-state index contributed by atoms with van der Waals surface area (Å²) in [6.45, 7) is 2.62. The number of nitrogens with one attached hydrogen (secondary N) is 1. The highest BCUT2D eigenvalue weighted by molar-refractivity contribution is 6.37. The topological polar surface area (TPSA) is 38.1 Å². The maximum absolute atomic E-state index is 13.2. The van der Waals surface area contributed by atoms with E-state index in [4.69, 9.17) is 27.6 Å². The van der Waals surface area contributed by atoms with Crippen molar-refractivity contribution in [2.75, 3.05) is 11.9 Å². The molecule has 0 atom stereocenters. The van der Waals surface area contributed by atoms with Crippen molar-refractivity contribution >= 4 is 40.0 Å². The van der Waals surface area contributed by atoms with Gasteiger partial charge in [0, 0.05) is 11.9 Å². The van der Waals surface area contributed by atoms with Gasteiger partial charge in [-0.15, -0.1) is 0 Å². The van der Waals surface area contributed by atoms with E-state index in [2.05, 4.69) is 10.3 Å². The Bertz CT molecular complexity index is 817. The minimum atomic E-state index is -0.321. The third-order valence-corrected chi connectivity index (χ3v) is 3.56. The van der Waals surface area contributed by atoms with Gasteiger partial charge in [-0.3, -0.25) is 0 Å². The highest BCUT2D eigenvalue weighted by Crippen LogP contribution is 2.35. The van der Waals surface area contributed by atoms with E-state index in [-0.39, 0.29) is 5.82 Å². The van der Waals surface area contributed by atoms with E-state index in [1.807, 2.05) is 6.92 Å². The monoisotopic (exact) mass is 324 g/mol. The van der Waals surface area contributed by atoms with E-state index in [1.165, 1.54) is 12.1 Å². The molecule has 1 N–H and O–H groups in total. The van der Waals surface area contributed by atoms with Crippen LogP contribution in [-0.2, 0) is 0 Å². The Kier molecular flexibility index (Phi) is 3.74. The lowest BCUT2D eigenvalue weighted by atomic mass is 10.2. The number of hydrogen-bond acceptors (Lipinski definition) is 3. The number of halogens is 3. The molecule has 0 aliphatic carbocycles. The van der Waals surface area contributed by atoms with E-state index < -0.39 is 0 Å². The first-order valence-electron chi connectivity index (χ1n) is 6.38. The van der Waals surface area contributed by atoms with E-state index >= 15 is 0 Å². The Hall–Kier alpha value is -1.78. The lowest BCUT2D eigenvalue weighted by Crippen LogP contribution is -2.01. The quantitative estimate of drug-likeness (QED) is 0.703. The molecule has 0 amide bonds. The Morgan fingerprint density at radius 2 is 2.00 bits per heavy atom. The number of aromatic nitrogens is 1. The van der Waals surface area contributed by atoms with Gasteiger partial charge in [0.05, 0.1) is 10.0 Å². The molecule has 21 heavy (non-hydrogen) atoms. The van der Waals surface area contributed by atoms with Gasteiger partial charge in [-0.05, 0) is 37.3 Å². The number of benzene rings is 1. The van der Waals surface area contributed by atoms with Crippen LogP contribution in [0, 0.1) is 5.82 Å². The summed E-state index contributed by atoms with van der Waals surface area (Å²) < 4.78 is 18.9. The predicted octanol–water partition coefficient (Wildman–Crippen LogP) is 5.37. The molecule has 0 aliphatic heterocycles. The van der Waals surface area contributed by atoms with Crippen LogP contribution in [-0.4, -0.2) is 11.5 Å². The third-order valence-electron chi connectivity index (χ3n) is 2.99. The molecule has 0 unspecified atom stereocenters. The van der Waals surface area contributed by atoms with Crippen molar-refractivity contribution in [3.05, 3.63) is 46.2 Å². The fourth-order valence-electron chi connectivity index (χ4n) is 2.06. The molecule has 0 spiro atoms. The summed E-state index contributed by atoms with van der Waals surface area (Å²) in [5, 5.41) is 4.52. The van der Waals surface area contributed by atoms with Crippen molar-refractivity contribution in [2.45, 2.75) is 6.92 Å². The number of furan rings is 1. The van der Waals surface area contributed by atoms with Gasteiger partial charge in [-0.1, -0.05) is 23.2 Å². The first-order chi connectivity index (χ1) is 10.1. The molecule has 0 aliphatic rings. The van der Waals surface area contributed by atoms with Crippen molar-refractivity contribution in [1.29, 1.82) is 0 Å². The molecule has 108 valence electrons. The predicted molar refractivity (Wildman–Crippen MR) is 83.6 cm³/mol. The second kappa shape index (κ2) is 5.54. The molecular weight excluding hydrogens is 314 g/mol. The molecular formula is C15H11Cl2FN2O. The molecule has 1 aromatic carbocycles. The lowest BCUT2D eigenvalue weighted by molar-refractivity contribution is 0.618. The van der Waals surface area contributed by atoms with Gasteiger partial charge < -0.3 is 9.73 Å². The molecule has 2 aromatic heterocycles. The lowest BCUT2D eigenvalue weighted by Gasteiger charge is -2.08. The maximum atomic E-state index is 13.2. The highest BCUT2D eigenvalue weighted by Gasteiger charge is 2.15. The number of fused-ring (bicyclic) bond motifs is 1. The fourth-order valence-corrected chi connectivity index (χ4v) is 2.58. The minimum Gasteiger partial charge on any atom is -0.454 e. The number of rotatable bonds is 3. The van der Waals surface area contributed by atoms with Gasteiger partial charge in [-0.25, -0.2) is 9.37 Å². The average Bonchev–Trinajstić information content (AvgIpc) is 2.84. The second-order valence-electron chi connectivity index (χ2n) is 4.47. The van der Waals surface area contributed by atoms with E-state index in [1.54, 1.807) is 18.2 Å². The van der Waals surface area contributed by atoms with Gasteiger partial charge in [0.1, 0.15) is 22.9 Å². The van der Waals surface area contributed by atoms with Crippen LogP contribution < -0.4 is 5.32 Å². The van der Waals surface area contributed by atoms with Gasteiger partial charge in [0.25, 0.3) is 0 Å². The molecule has 0 saturated carbocycles. The average molecular weight is 325 g/mol. The number of anilines is 1. The van der Waals surface area contributed by atoms with E-state index in [0.29, 0.717) is 44.8 Å². The van der Waals surface area contributed by atoms with Gasteiger partial charge in [0.15, 0.2) is 5.76 Å². The van der Waals surface area contributed by atoms with Crippen LogP contribution in [0.15, 0.2) is 34.7 Å². The summed E-state index contributed by atoms with van der Waals surface area (Å²) >= 11 is 12.3. The van der Waals surface area contributed by atoms with Crippen LogP contribution in [0.25, 0.3) is 22.4 Å².